The number of Topliss-reactive ketones (excluding diaryl/α,β-unsaturated/α-hetero) is 1. The number of carbonyl (C=O) groups is 2. The molecule has 5 nitrogen and oxygen atoms in total. The van der Waals surface area contributed by atoms with Crippen molar-refractivity contribution in [3.8, 4) is 0 Å². The smallest absolute Gasteiger partial charge is 0.152 e. The topological polar surface area (TPSA) is 85.1 Å². The minimum absolute atomic E-state index is 0.0288. The number of nitrogens with zero attached hydrogens (tertiary/aromatic N) is 1. The van der Waals surface area contributed by atoms with Crippen molar-refractivity contribution in [2.45, 2.75) is 17.5 Å². The van der Waals surface area contributed by atoms with Crippen LogP contribution in [0, 0.1) is 0 Å². The van der Waals surface area contributed by atoms with E-state index >= 15 is 0 Å². The molecule has 1 heterocycles. The highest BCUT2D eigenvalue weighted by atomic mass is 33.1. The predicted molar refractivity (Wildman–Crippen MR) is 100 cm³/mol. The summed E-state index contributed by atoms with van der Waals surface area (Å²) in [5.41, 5.74) is 7.37. The standard InChI is InChI=1S/C17H19N3O2S2/c18-15(11-20-14-6-4-13(12-21)5-7-14)16(22)8-10-23-24-17-3-1-2-9-19-17/h1-7,9,12,15,20H,8,10-11,18H2. The number of nitrogens with two attached hydrogens (primary N) is 1. The summed E-state index contributed by atoms with van der Waals surface area (Å²) in [5, 5.41) is 4.04. The van der Waals surface area contributed by atoms with Gasteiger partial charge in [0.1, 0.15) is 11.3 Å². The molecule has 24 heavy (non-hydrogen) atoms. The van der Waals surface area contributed by atoms with Crippen molar-refractivity contribution in [1.82, 2.24) is 4.98 Å². The summed E-state index contributed by atoms with van der Waals surface area (Å²) in [6, 6.07) is 12.2. The summed E-state index contributed by atoms with van der Waals surface area (Å²) in [6.45, 7) is 0.372. The van der Waals surface area contributed by atoms with E-state index in [-0.39, 0.29) is 5.78 Å². The van der Waals surface area contributed by atoms with Gasteiger partial charge in [-0.05, 0) is 47.2 Å². The van der Waals surface area contributed by atoms with Gasteiger partial charge in [-0.2, -0.15) is 0 Å². The van der Waals surface area contributed by atoms with Crippen LogP contribution >= 0.6 is 21.6 Å². The van der Waals surface area contributed by atoms with Crippen molar-refractivity contribution in [1.29, 1.82) is 0 Å². The molecule has 7 heteroatoms. The summed E-state index contributed by atoms with van der Waals surface area (Å²) in [4.78, 5) is 26.8. The van der Waals surface area contributed by atoms with Gasteiger partial charge in [-0.1, -0.05) is 16.9 Å². The Morgan fingerprint density at radius 2 is 2.04 bits per heavy atom. The van der Waals surface area contributed by atoms with E-state index in [0.717, 1.165) is 17.0 Å². The average Bonchev–Trinajstić information content (AvgIpc) is 2.64. The molecule has 1 unspecified atom stereocenters. The monoisotopic (exact) mass is 361 g/mol. The van der Waals surface area contributed by atoms with Gasteiger partial charge in [0.05, 0.1) is 6.04 Å². The minimum Gasteiger partial charge on any atom is -0.383 e. The number of hydrogen-bond donors (Lipinski definition) is 2. The van der Waals surface area contributed by atoms with Crippen LogP contribution in [0.4, 0.5) is 5.69 Å². The summed E-state index contributed by atoms with van der Waals surface area (Å²) < 4.78 is 0. The highest BCUT2D eigenvalue weighted by Crippen LogP contribution is 2.29. The van der Waals surface area contributed by atoms with Crippen molar-refractivity contribution in [3.63, 3.8) is 0 Å². The number of rotatable bonds is 10. The van der Waals surface area contributed by atoms with Gasteiger partial charge in [0, 0.05) is 36.2 Å². The Hall–Kier alpha value is -1.83. The second-order valence-electron chi connectivity index (χ2n) is 5.02. The van der Waals surface area contributed by atoms with Crippen molar-refractivity contribution in [2.75, 3.05) is 17.6 Å². The van der Waals surface area contributed by atoms with Gasteiger partial charge in [-0.25, -0.2) is 4.98 Å². The molecule has 2 rings (SSSR count). The largest absolute Gasteiger partial charge is 0.383 e. The lowest BCUT2D eigenvalue weighted by Gasteiger charge is -2.12. The fourth-order valence-corrected chi connectivity index (χ4v) is 3.73. The molecule has 0 saturated carbocycles. The summed E-state index contributed by atoms with van der Waals surface area (Å²) in [7, 11) is 3.15. The first kappa shape index (κ1) is 18.5. The Morgan fingerprint density at radius 1 is 1.25 bits per heavy atom. The lowest BCUT2D eigenvalue weighted by Crippen LogP contribution is -2.37. The second kappa shape index (κ2) is 10.1. The van der Waals surface area contributed by atoms with E-state index in [1.54, 1.807) is 52.1 Å². The van der Waals surface area contributed by atoms with Crippen molar-refractivity contribution in [2.24, 2.45) is 5.73 Å². The third-order valence-corrected chi connectivity index (χ3v) is 5.47. The van der Waals surface area contributed by atoms with E-state index in [9.17, 15) is 9.59 Å². The van der Waals surface area contributed by atoms with E-state index in [1.165, 1.54) is 0 Å². The van der Waals surface area contributed by atoms with Crippen LogP contribution in [-0.4, -0.2) is 35.4 Å². The van der Waals surface area contributed by atoms with Crippen molar-refractivity contribution >= 4 is 39.3 Å². The number of carbonyl (C=O) groups excluding carboxylic acids is 2. The number of aldehydes is 1. The lowest BCUT2D eigenvalue weighted by molar-refractivity contribution is -0.119. The second-order valence-corrected chi connectivity index (χ2v) is 7.45. The Bertz CT molecular complexity index is 651. The number of nitrogens with one attached hydrogen (secondary N) is 1. The number of benzene rings is 1. The Kier molecular flexibility index (Phi) is 7.81. The maximum Gasteiger partial charge on any atom is 0.152 e. The summed E-state index contributed by atoms with van der Waals surface area (Å²) in [6.07, 6.45) is 2.97. The van der Waals surface area contributed by atoms with Gasteiger partial charge in [0.15, 0.2) is 5.78 Å². The fourth-order valence-electron chi connectivity index (χ4n) is 1.85. The van der Waals surface area contributed by atoms with Crippen LogP contribution in [0.25, 0.3) is 0 Å². The van der Waals surface area contributed by atoms with E-state index in [4.69, 9.17) is 5.73 Å². The first-order valence-electron chi connectivity index (χ1n) is 7.47. The molecule has 0 radical (unpaired) electrons. The molecule has 0 aliphatic rings. The molecule has 1 aromatic carbocycles. The first-order chi connectivity index (χ1) is 11.7. The van der Waals surface area contributed by atoms with Crippen molar-refractivity contribution in [3.05, 3.63) is 54.2 Å². The van der Waals surface area contributed by atoms with Crippen LogP contribution in [0.3, 0.4) is 0 Å². The molecule has 2 aromatic rings. The van der Waals surface area contributed by atoms with Gasteiger partial charge in [0.25, 0.3) is 0 Å². The first-order valence-corrected chi connectivity index (χ1v) is 9.79. The molecular weight excluding hydrogens is 342 g/mol. The maximum absolute atomic E-state index is 12.0. The van der Waals surface area contributed by atoms with E-state index in [2.05, 4.69) is 10.3 Å². The summed E-state index contributed by atoms with van der Waals surface area (Å²) >= 11 is 0. The maximum atomic E-state index is 12.0. The van der Waals surface area contributed by atoms with Crippen LogP contribution in [0.15, 0.2) is 53.7 Å². The number of pyridine rings is 1. The van der Waals surface area contributed by atoms with Crippen LogP contribution in [0.1, 0.15) is 16.8 Å². The molecule has 1 atom stereocenters. The highest BCUT2D eigenvalue weighted by Gasteiger charge is 2.13. The fraction of sp³-hybridized carbons (Fsp3) is 0.235. The highest BCUT2D eigenvalue weighted by molar-refractivity contribution is 8.76. The third-order valence-electron chi connectivity index (χ3n) is 3.20. The molecule has 0 spiro atoms. The molecule has 0 aliphatic carbocycles. The molecule has 0 amide bonds. The van der Waals surface area contributed by atoms with Crippen LogP contribution < -0.4 is 11.1 Å². The molecule has 126 valence electrons. The number of aromatic nitrogens is 1. The lowest BCUT2D eigenvalue weighted by atomic mass is 10.1. The van der Waals surface area contributed by atoms with Gasteiger partial charge in [-0.3, -0.25) is 9.59 Å². The minimum atomic E-state index is -0.545. The predicted octanol–water partition coefficient (Wildman–Crippen LogP) is 3.03. The molecule has 0 bridgehead atoms. The zero-order chi connectivity index (χ0) is 17.2. The van der Waals surface area contributed by atoms with Gasteiger partial charge in [0.2, 0.25) is 0 Å². The van der Waals surface area contributed by atoms with Crippen LogP contribution in [-0.2, 0) is 4.79 Å². The average molecular weight is 361 g/mol. The van der Waals surface area contributed by atoms with Gasteiger partial charge >= 0.3 is 0 Å². The SMILES string of the molecule is NC(CNc1ccc(C=O)cc1)C(=O)CCSSc1ccccn1. The Morgan fingerprint density at radius 3 is 2.71 bits per heavy atom. The van der Waals surface area contributed by atoms with E-state index in [0.29, 0.717) is 24.3 Å². The zero-order valence-electron chi connectivity index (χ0n) is 13.1. The van der Waals surface area contributed by atoms with Crippen LogP contribution in [0.2, 0.25) is 0 Å². The number of anilines is 1. The molecule has 3 N–H and O–H groups in total. The van der Waals surface area contributed by atoms with Crippen LogP contribution in [0.5, 0.6) is 0 Å². The number of hydrogen-bond acceptors (Lipinski definition) is 7. The van der Waals surface area contributed by atoms with Gasteiger partial charge < -0.3 is 11.1 Å². The number of ketones is 1. The Balaban J connectivity index is 1.65. The zero-order valence-corrected chi connectivity index (χ0v) is 14.7. The molecule has 1 aromatic heterocycles. The normalized spacial score (nSPS) is 11.7. The molecule has 0 fully saturated rings. The molecule has 0 saturated heterocycles. The molecule has 0 aliphatic heterocycles. The summed E-state index contributed by atoms with van der Waals surface area (Å²) in [5.74, 6) is 0.725. The third kappa shape index (κ3) is 6.35. The molecular formula is C17H19N3O2S2. The Labute approximate surface area is 149 Å². The van der Waals surface area contributed by atoms with Gasteiger partial charge in [-0.15, -0.1) is 0 Å². The van der Waals surface area contributed by atoms with E-state index in [1.807, 2.05) is 18.2 Å². The van der Waals surface area contributed by atoms with Crippen molar-refractivity contribution < 1.29 is 9.59 Å². The quantitative estimate of drug-likeness (QED) is 0.382. The van der Waals surface area contributed by atoms with E-state index < -0.39 is 6.04 Å².